The molecule has 0 spiro atoms. The Labute approximate surface area is 113 Å². The average molecular weight is 310 g/mol. The zero-order valence-electron chi connectivity index (χ0n) is 9.30. The molecule has 0 amide bonds. The van der Waals surface area contributed by atoms with Gasteiger partial charge >= 0.3 is 0 Å². The van der Waals surface area contributed by atoms with Crippen molar-refractivity contribution in [3.05, 3.63) is 52.6 Å². The molecule has 0 aliphatic heterocycles. The average Bonchev–Trinajstić information content (AvgIpc) is 2.33. The van der Waals surface area contributed by atoms with Gasteiger partial charge in [0.1, 0.15) is 5.03 Å². The molecule has 0 aliphatic rings. The van der Waals surface area contributed by atoms with E-state index < -0.39 is 6.10 Å². The number of hydrogen-bond donors (Lipinski definition) is 1. The van der Waals surface area contributed by atoms with Crippen molar-refractivity contribution in [2.45, 2.75) is 22.9 Å². The van der Waals surface area contributed by atoms with Gasteiger partial charge in [0, 0.05) is 11.1 Å². The number of pyridine rings is 1. The Morgan fingerprint density at radius 3 is 2.53 bits per heavy atom. The second-order valence-corrected chi connectivity index (χ2v) is 5.55. The van der Waals surface area contributed by atoms with Crippen LogP contribution in [-0.4, -0.2) is 10.1 Å². The predicted octanol–water partition coefficient (Wildman–Crippen LogP) is 4.05. The van der Waals surface area contributed by atoms with Crippen LogP contribution in [0.15, 0.2) is 57.0 Å². The maximum atomic E-state index is 9.42. The molecule has 0 fully saturated rings. The molecule has 4 heteroatoms. The van der Waals surface area contributed by atoms with Crippen LogP contribution in [0.5, 0.6) is 0 Å². The van der Waals surface area contributed by atoms with E-state index in [0.717, 1.165) is 20.0 Å². The van der Waals surface area contributed by atoms with E-state index in [1.807, 2.05) is 36.4 Å². The molecule has 1 N–H and O–H groups in total. The van der Waals surface area contributed by atoms with Gasteiger partial charge in [0.05, 0.1) is 10.6 Å². The molecule has 2 aromatic rings. The standard InChI is InChI=1S/C13H12BrNOS/c1-9(16)10-4-6-11(7-5-10)17-13-12(14)3-2-8-15-13/h2-9,16H,1H3/t9-/m1/s1. The first kappa shape index (κ1) is 12.6. The largest absolute Gasteiger partial charge is 0.389 e. The molecule has 1 heterocycles. The highest BCUT2D eigenvalue weighted by Gasteiger charge is 2.04. The van der Waals surface area contributed by atoms with Gasteiger partial charge in [0.25, 0.3) is 0 Å². The quantitative estimate of drug-likeness (QED) is 0.928. The Hall–Kier alpha value is -0.840. The molecule has 0 bridgehead atoms. The summed E-state index contributed by atoms with van der Waals surface area (Å²) < 4.78 is 0.990. The third kappa shape index (κ3) is 3.31. The van der Waals surface area contributed by atoms with Gasteiger partial charge in [-0.2, -0.15) is 0 Å². The first-order chi connectivity index (χ1) is 8.16. The Morgan fingerprint density at radius 1 is 1.24 bits per heavy atom. The Bertz CT molecular complexity index is 499. The summed E-state index contributed by atoms with van der Waals surface area (Å²) in [6.07, 6.45) is 1.35. The van der Waals surface area contributed by atoms with Crippen LogP contribution in [-0.2, 0) is 0 Å². The molecule has 0 unspecified atom stereocenters. The topological polar surface area (TPSA) is 33.1 Å². The summed E-state index contributed by atoms with van der Waals surface area (Å²) in [4.78, 5) is 5.40. The van der Waals surface area contributed by atoms with Crippen molar-refractivity contribution in [1.29, 1.82) is 0 Å². The van der Waals surface area contributed by atoms with Gasteiger partial charge in [-0.25, -0.2) is 4.98 Å². The van der Waals surface area contributed by atoms with Gasteiger partial charge in [0.15, 0.2) is 0 Å². The summed E-state index contributed by atoms with van der Waals surface area (Å²) in [5.41, 5.74) is 0.925. The lowest BCUT2D eigenvalue weighted by Gasteiger charge is -2.06. The second-order valence-electron chi connectivity index (χ2n) is 3.64. The fraction of sp³-hybridized carbons (Fsp3) is 0.154. The molecule has 1 atom stereocenters. The van der Waals surface area contributed by atoms with Crippen molar-refractivity contribution in [2.24, 2.45) is 0 Å². The number of aromatic nitrogens is 1. The van der Waals surface area contributed by atoms with Gasteiger partial charge < -0.3 is 5.11 Å². The molecule has 1 aromatic carbocycles. The van der Waals surface area contributed by atoms with E-state index in [-0.39, 0.29) is 0 Å². The van der Waals surface area contributed by atoms with Gasteiger partial charge in [-0.3, -0.25) is 0 Å². The van der Waals surface area contributed by atoms with Crippen LogP contribution >= 0.6 is 27.7 Å². The first-order valence-electron chi connectivity index (χ1n) is 5.23. The Kier molecular flexibility index (Phi) is 4.20. The van der Waals surface area contributed by atoms with Crippen LogP contribution in [0.1, 0.15) is 18.6 Å². The Morgan fingerprint density at radius 2 is 1.94 bits per heavy atom. The minimum atomic E-state index is -0.421. The van der Waals surface area contributed by atoms with Crippen molar-refractivity contribution < 1.29 is 5.11 Å². The maximum Gasteiger partial charge on any atom is 0.115 e. The summed E-state index contributed by atoms with van der Waals surface area (Å²) in [7, 11) is 0. The summed E-state index contributed by atoms with van der Waals surface area (Å²) in [5.74, 6) is 0. The lowest BCUT2D eigenvalue weighted by molar-refractivity contribution is 0.199. The summed E-state index contributed by atoms with van der Waals surface area (Å²) >= 11 is 5.06. The van der Waals surface area contributed by atoms with Crippen LogP contribution in [0.3, 0.4) is 0 Å². The second kappa shape index (κ2) is 5.67. The van der Waals surface area contributed by atoms with E-state index in [9.17, 15) is 5.11 Å². The molecule has 2 nitrogen and oxygen atoms in total. The number of aliphatic hydroxyl groups is 1. The summed E-state index contributed by atoms with van der Waals surface area (Å²) in [6.45, 7) is 1.76. The maximum absolute atomic E-state index is 9.42. The highest BCUT2D eigenvalue weighted by Crippen LogP contribution is 2.31. The SMILES string of the molecule is C[C@@H](O)c1ccc(Sc2ncccc2Br)cc1. The van der Waals surface area contributed by atoms with Gasteiger partial charge in [-0.05, 0) is 52.7 Å². The van der Waals surface area contributed by atoms with Crippen molar-refractivity contribution in [2.75, 3.05) is 0 Å². The van der Waals surface area contributed by atoms with Crippen LogP contribution in [0, 0.1) is 0 Å². The van der Waals surface area contributed by atoms with E-state index in [0.29, 0.717) is 0 Å². The minimum Gasteiger partial charge on any atom is -0.389 e. The van der Waals surface area contributed by atoms with Gasteiger partial charge in [0.2, 0.25) is 0 Å². The number of nitrogens with zero attached hydrogens (tertiary/aromatic N) is 1. The third-order valence-electron chi connectivity index (χ3n) is 2.30. The summed E-state index contributed by atoms with van der Waals surface area (Å²) in [6, 6.07) is 11.7. The van der Waals surface area contributed by atoms with Gasteiger partial charge in [-0.1, -0.05) is 23.9 Å². The number of aliphatic hydroxyl groups excluding tert-OH is 1. The Balaban J connectivity index is 2.17. The predicted molar refractivity (Wildman–Crippen MR) is 73.1 cm³/mol. The van der Waals surface area contributed by atoms with E-state index in [4.69, 9.17) is 0 Å². The molecule has 2 rings (SSSR count). The monoisotopic (exact) mass is 309 g/mol. The highest BCUT2D eigenvalue weighted by atomic mass is 79.9. The molecule has 0 saturated carbocycles. The number of benzene rings is 1. The molecular formula is C13H12BrNOS. The lowest BCUT2D eigenvalue weighted by atomic mass is 10.1. The molecule has 88 valence electrons. The lowest BCUT2D eigenvalue weighted by Crippen LogP contribution is -1.89. The zero-order valence-corrected chi connectivity index (χ0v) is 11.7. The molecule has 0 radical (unpaired) electrons. The van der Waals surface area contributed by atoms with Gasteiger partial charge in [-0.15, -0.1) is 0 Å². The van der Waals surface area contributed by atoms with Crippen molar-refractivity contribution >= 4 is 27.7 Å². The van der Waals surface area contributed by atoms with Crippen molar-refractivity contribution in [1.82, 2.24) is 4.98 Å². The van der Waals surface area contributed by atoms with E-state index >= 15 is 0 Å². The molecule has 1 aromatic heterocycles. The molecule has 0 aliphatic carbocycles. The van der Waals surface area contributed by atoms with Crippen LogP contribution in [0.25, 0.3) is 0 Å². The van der Waals surface area contributed by atoms with E-state index in [1.165, 1.54) is 0 Å². The van der Waals surface area contributed by atoms with E-state index in [2.05, 4.69) is 20.9 Å². The van der Waals surface area contributed by atoms with Crippen LogP contribution < -0.4 is 0 Å². The zero-order chi connectivity index (χ0) is 12.3. The number of rotatable bonds is 3. The molecule has 0 saturated heterocycles. The van der Waals surface area contributed by atoms with Crippen molar-refractivity contribution in [3.8, 4) is 0 Å². The van der Waals surface area contributed by atoms with Crippen molar-refractivity contribution in [3.63, 3.8) is 0 Å². The fourth-order valence-corrected chi connectivity index (χ4v) is 2.64. The van der Waals surface area contributed by atoms with E-state index in [1.54, 1.807) is 24.9 Å². The minimum absolute atomic E-state index is 0.421. The fourth-order valence-electron chi connectivity index (χ4n) is 1.37. The normalized spacial score (nSPS) is 12.4. The first-order valence-corrected chi connectivity index (χ1v) is 6.84. The number of halogens is 1. The smallest absolute Gasteiger partial charge is 0.115 e. The highest BCUT2D eigenvalue weighted by molar-refractivity contribution is 9.10. The van der Waals surface area contributed by atoms with Crippen LogP contribution in [0.2, 0.25) is 0 Å². The number of hydrogen-bond acceptors (Lipinski definition) is 3. The molecular weight excluding hydrogens is 298 g/mol. The van der Waals surface area contributed by atoms with Crippen LogP contribution in [0.4, 0.5) is 0 Å². The third-order valence-corrected chi connectivity index (χ3v) is 4.23. The molecule has 17 heavy (non-hydrogen) atoms. The summed E-state index contributed by atoms with van der Waals surface area (Å²) in [5, 5.41) is 10.4.